The Balaban J connectivity index is 3.33. The van der Waals surface area contributed by atoms with Gasteiger partial charge in [0.05, 0.1) is 0 Å². The molecule has 0 saturated heterocycles. The smallest absolute Gasteiger partial charge is 0.0712 e. The lowest BCUT2D eigenvalue weighted by atomic mass is 9.72. The normalized spacial score (nSPS) is 14.7. The Kier molecular flexibility index (Phi) is 4.46. The molecule has 0 fully saturated rings. The van der Waals surface area contributed by atoms with Gasteiger partial charge in [-0.25, -0.2) is 0 Å². The molecule has 0 amide bonds. The maximum absolute atomic E-state index is 5.84. The summed E-state index contributed by atoms with van der Waals surface area (Å²) in [5, 5.41) is 0. The van der Waals surface area contributed by atoms with Gasteiger partial charge >= 0.3 is 0 Å². The molecule has 0 bridgehead atoms. The van der Waals surface area contributed by atoms with Gasteiger partial charge in [0.1, 0.15) is 4.49 Å². The van der Waals surface area contributed by atoms with Crippen molar-refractivity contribution < 1.29 is 0 Å². The van der Waals surface area contributed by atoms with Crippen molar-refractivity contribution in [3.05, 3.63) is 46.0 Å². The average molecular weight is 257 g/mol. The van der Waals surface area contributed by atoms with Crippen LogP contribution in [-0.2, 0) is 5.41 Å². The van der Waals surface area contributed by atoms with E-state index in [1.54, 1.807) is 0 Å². The summed E-state index contributed by atoms with van der Waals surface area (Å²) in [6.45, 7) is 8.65. The van der Waals surface area contributed by atoms with Crippen LogP contribution in [0.25, 0.3) is 0 Å². The fourth-order valence-corrected chi connectivity index (χ4v) is 2.41. The molecular formula is C14H18Cl2. The molecule has 88 valence electrons. The van der Waals surface area contributed by atoms with E-state index in [9.17, 15) is 0 Å². The van der Waals surface area contributed by atoms with Crippen molar-refractivity contribution in [3.8, 4) is 0 Å². The number of allylic oxidation sites excluding steroid dienone is 1. The van der Waals surface area contributed by atoms with Crippen molar-refractivity contribution in [2.75, 3.05) is 0 Å². The molecule has 0 spiro atoms. The quantitative estimate of drug-likeness (QED) is 0.695. The number of aryl methyl sites for hydroxylation is 1. The molecule has 0 saturated carbocycles. The zero-order valence-corrected chi connectivity index (χ0v) is 11.7. The molecule has 0 aliphatic heterocycles. The zero-order chi connectivity index (χ0) is 12.3. The number of halogens is 2. The summed E-state index contributed by atoms with van der Waals surface area (Å²) < 4.78 is 0.333. The highest BCUT2D eigenvalue weighted by Gasteiger charge is 2.29. The van der Waals surface area contributed by atoms with Crippen LogP contribution in [-0.4, -0.2) is 0 Å². The van der Waals surface area contributed by atoms with Crippen LogP contribution in [0.2, 0.25) is 0 Å². The first-order valence-corrected chi connectivity index (χ1v) is 6.23. The van der Waals surface area contributed by atoms with Crippen molar-refractivity contribution in [1.82, 2.24) is 0 Å². The SMILES string of the molecule is Cc1ccccc1C(C)(C=C(Cl)Cl)C(C)C. The Hall–Kier alpha value is -0.460. The number of hydrogen-bond acceptors (Lipinski definition) is 0. The van der Waals surface area contributed by atoms with Gasteiger partial charge in [0.15, 0.2) is 0 Å². The molecule has 16 heavy (non-hydrogen) atoms. The Morgan fingerprint density at radius 3 is 2.25 bits per heavy atom. The van der Waals surface area contributed by atoms with Crippen LogP contribution in [0, 0.1) is 12.8 Å². The highest BCUT2D eigenvalue weighted by atomic mass is 35.5. The van der Waals surface area contributed by atoms with Gasteiger partial charge in [0, 0.05) is 5.41 Å². The molecule has 0 nitrogen and oxygen atoms in total. The molecule has 0 aliphatic rings. The van der Waals surface area contributed by atoms with Crippen molar-refractivity contribution >= 4 is 23.2 Å². The van der Waals surface area contributed by atoms with Crippen molar-refractivity contribution in [3.63, 3.8) is 0 Å². The van der Waals surface area contributed by atoms with Crippen LogP contribution in [0.3, 0.4) is 0 Å². The highest BCUT2D eigenvalue weighted by Crippen LogP contribution is 2.37. The van der Waals surface area contributed by atoms with E-state index in [1.165, 1.54) is 11.1 Å². The second-order valence-electron chi connectivity index (χ2n) is 4.69. The first-order chi connectivity index (χ1) is 7.38. The third-order valence-electron chi connectivity index (χ3n) is 3.33. The fraction of sp³-hybridized carbons (Fsp3) is 0.429. The van der Waals surface area contributed by atoms with Crippen LogP contribution in [0.5, 0.6) is 0 Å². The number of rotatable bonds is 3. The van der Waals surface area contributed by atoms with Gasteiger partial charge in [-0.1, -0.05) is 68.2 Å². The molecule has 0 radical (unpaired) electrons. The Morgan fingerprint density at radius 2 is 1.81 bits per heavy atom. The van der Waals surface area contributed by atoms with E-state index in [-0.39, 0.29) is 5.41 Å². The Morgan fingerprint density at radius 1 is 1.25 bits per heavy atom. The summed E-state index contributed by atoms with van der Waals surface area (Å²) in [7, 11) is 0. The molecule has 1 unspecified atom stereocenters. The summed E-state index contributed by atoms with van der Waals surface area (Å²) in [5.41, 5.74) is 2.43. The van der Waals surface area contributed by atoms with E-state index in [0.717, 1.165) is 0 Å². The first kappa shape index (κ1) is 13.6. The number of benzene rings is 1. The third-order valence-corrected chi connectivity index (χ3v) is 3.55. The molecule has 0 aliphatic carbocycles. The summed E-state index contributed by atoms with van der Waals surface area (Å²) in [6, 6.07) is 8.36. The summed E-state index contributed by atoms with van der Waals surface area (Å²) in [6.07, 6.45) is 1.93. The van der Waals surface area contributed by atoms with Crippen molar-refractivity contribution in [1.29, 1.82) is 0 Å². The maximum Gasteiger partial charge on any atom is 0.103 e. The molecule has 0 heterocycles. The van der Waals surface area contributed by atoms with Gasteiger partial charge in [-0.15, -0.1) is 0 Å². The molecule has 1 aromatic carbocycles. The standard InChI is InChI=1S/C14H18Cl2/c1-10(2)14(4,9-13(15)16)12-8-6-5-7-11(12)3/h5-10H,1-4H3. The average Bonchev–Trinajstić information content (AvgIpc) is 2.16. The second kappa shape index (κ2) is 5.25. The van der Waals surface area contributed by atoms with Gasteiger partial charge in [-0.3, -0.25) is 0 Å². The Labute approximate surface area is 108 Å². The molecule has 2 heteroatoms. The molecule has 0 aromatic heterocycles. The lowest BCUT2D eigenvalue weighted by Gasteiger charge is -2.32. The van der Waals surface area contributed by atoms with Crippen LogP contribution in [0.4, 0.5) is 0 Å². The first-order valence-electron chi connectivity index (χ1n) is 5.48. The van der Waals surface area contributed by atoms with Gasteiger partial charge in [0.25, 0.3) is 0 Å². The van der Waals surface area contributed by atoms with E-state index < -0.39 is 0 Å². The summed E-state index contributed by atoms with van der Waals surface area (Å²) in [4.78, 5) is 0. The van der Waals surface area contributed by atoms with Crippen LogP contribution in [0.15, 0.2) is 34.8 Å². The van der Waals surface area contributed by atoms with E-state index in [4.69, 9.17) is 23.2 Å². The van der Waals surface area contributed by atoms with E-state index in [1.807, 2.05) is 12.1 Å². The molecule has 1 atom stereocenters. The van der Waals surface area contributed by atoms with Gasteiger partial charge in [0.2, 0.25) is 0 Å². The predicted molar refractivity (Wildman–Crippen MR) is 73.2 cm³/mol. The molecule has 0 N–H and O–H groups in total. The van der Waals surface area contributed by atoms with Gasteiger partial charge in [-0.2, -0.15) is 0 Å². The van der Waals surface area contributed by atoms with Gasteiger partial charge in [-0.05, 0) is 30.0 Å². The van der Waals surface area contributed by atoms with Crippen molar-refractivity contribution in [2.45, 2.75) is 33.1 Å². The molecule has 1 rings (SSSR count). The molecular weight excluding hydrogens is 239 g/mol. The van der Waals surface area contributed by atoms with Gasteiger partial charge < -0.3 is 0 Å². The fourth-order valence-electron chi connectivity index (χ4n) is 1.96. The minimum absolute atomic E-state index is 0.121. The van der Waals surface area contributed by atoms with E-state index >= 15 is 0 Å². The van der Waals surface area contributed by atoms with Crippen LogP contribution in [0.1, 0.15) is 31.9 Å². The van der Waals surface area contributed by atoms with Crippen LogP contribution >= 0.6 is 23.2 Å². The highest BCUT2D eigenvalue weighted by molar-refractivity contribution is 6.55. The lowest BCUT2D eigenvalue weighted by Crippen LogP contribution is -2.27. The van der Waals surface area contributed by atoms with Crippen LogP contribution < -0.4 is 0 Å². The topological polar surface area (TPSA) is 0 Å². The Bertz CT molecular complexity index is 389. The largest absolute Gasteiger partial charge is 0.103 e. The monoisotopic (exact) mass is 256 g/mol. The summed E-state index contributed by atoms with van der Waals surface area (Å²) in [5.74, 6) is 0.432. The summed E-state index contributed by atoms with van der Waals surface area (Å²) >= 11 is 11.7. The second-order valence-corrected chi connectivity index (χ2v) is 5.69. The minimum atomic E-state index is -0.121. The lowest BCUT2D eigenvalue weighted by molar-refractivity contribution is 0.418. The van der Waals surface area contributed by atoms with E-state index in [2.05, 4.69) is 45.9 Å². The zero-order valence-electron chi connectivity index (χ0n) is 10.2. The number of hydrogen-bond donors (Lipinski definition) is 0. The van der Waals surface area contributed by atoms with Crippen molar-refractivity contribution in [2.24, 2.45) is 5.92 Å². The third kappa shape index (κ3) is 2.81. The predicted octanol–water partition coefficient (Wildman–Crippen LogP) is 5.23. The minimum Gasteiger partial charge on any atom is -0.0712 e. The maximum atomic E-state index is 5.84. The molecule has 1 aromatic rings. The van der Waals surface area contributed by atoms with E-state index in [0.29, 0.717) is 10.4 Å².